The zero-order chi connectivity index (χ0) is 38.1. The predicted octanol–water partition coefficient (Wildman–Crippen LogP) is 13.8. The summed E-state index contributed by atoms with van der Waals surface area (Å²) in [6.07, 6.45) is 1.85. The molecule has 3 heterocycles. The molecule has 0 atom stereocenters. The van der Waals surface area contributed by atoms with Crippen molar-refractivity contribution in [2.75, 3.05) is 0 Å². The maximum atomic E-state index is 12.4. The third-order valence-corrected chi connectivity index (χ3v) is 11.8. The normalized spacial score (nSPS) is 12.3. The second-order valence-corrected chi connectivity index (χ2v) is 17.5. The van der Waals surface area contributed by atoms with Crippen LogP contribution in [0.5, 0.6) is 5.75 Å². The molecule has 0 aliphatic rings. The zero-order valence-corrected chi connectivity index (χ0v) is 32.9. The maximum absolute atomic E-state index is 12.4. The summed E-state index contributed by atoms with van der Waals surface area (Å²) in [5.41, 5.74) is 11.5. The molecule has 55 heavy (non-hydrogen) atoms. The molecule has 0 fully saturated rings. The number of hydrogen-bond acceptors (Lipinski definition) is 4. The van der Waals surface area contributed by atoms with Crippen molar-refractivity contribution in [1.82, 2.24) is 14.5 Å². The molecule has 0 bridgehead atoms. The van der Waals surface area contributed by atoms with E-state index < -0.39 is 0 Å². The number of hydrogen-bond donors (Lipinski definition) is 1. The van der Waals surface area contributed by atoms with Gasteiger partial charge in [-0.1, -0.05) is 133 Å². The lowest BCUT2D eigenvalue weighted by Gasteiger charge is -2.27. The van der Waals surface area contributed by atoms with Gasteiger partial charge in [-0.15, -0.1) is 11.3 Å². The highest BCUT2D eigenvalue weighted by Gasteiger charge is 2.29. The lowest BCUT2D eigenvalue weighted by atomic mass is 9.79. The first-order chi connectivity index (χ1) is 26.5. The Morgan fingerprint density at radius 1 is 0.582 bits per heavy atom. The molecule has 6 aromatic carbocycles. The van der Waals surface area contributed by atoms with Crippen LogP contribution in [-0.2, 0) is 10.8 Å². The van der Waals surface area contributed by atoms with E-state index >= 15 is 0 Å². The molecule has 0 aliphatic heterocycles. The highest BCUT2D eigenvalue weighted by Crippen LogP contribution is 2.47. The van der Waals surface area contributed by atoms with Gasteiger partial charge in [-0.25, -0.2) is 4.98 Å². The molecule has 0 saturated heterocycles. The van der Waals surface area contributed by atoms with Gasteiger partial charge < -0.3 is 5.11 Å². The standard InChI is InChI=1S/C50H43N3OS/c1-49(2,3)33-29-38(47(54)39(30-33)50(4,5)6)48-52-46-35(21-16-24-42(46)53(48)41-23-12-10-19-34(41)31-17-8-7-9-18-31)37-27-32(40-22-14-15-26-51-40)28-44-45(37)36-20-11-13-25-43(36)55-44/h7-30,54H,1-6H3. The second kappa shape index (κ2) is 13.1. The largest absolute Gasteiger partial charge is 0.507 e. The first-order valence-corrected chi connectivity index (χ1v) is 19.7. The number of aromatic hydroxyl groups is 1. The van der Waals surface area contributed by atoms with E-state index in [2.05, 4.69) is 174 Å². The Kier molecular flexibility index (Phi) is 8.25. The Hall–Kier alpha value is -6.04. The number of aromatic nitrogens is 3. The number of phenols is 1. The first-order valence-electron chi connectivity index (χ1n) is 18.9. The highest BCUT2D eigenvalue weighted by atomic mass is 32.1. The fourth-order valence-corrected chi connectivity index (χ4v) is 9.00. The van der Waals surface area contributed by atoms with E-state index in [4.69, 9.17) is 9.97 Å². The van der Waals surface area contributed by atoms with Gasteiger partial charge in [0.25, 0.3) is 0 Å². The molecule has 3 aromatic heterocycles. The minimum Gasteiger partial charge on any atom is -0.507 e. The van der Waals surface area contributed by atoms with E-state index in [9.17, 15) is 5.11 Å². The highest BCUT2D eigenvalue weighted by molar-refractivity contribution is 7.26. The van der Waals surface area contributed by atoms with E-state index in [0.29, 0.717) is 5.82 Å². The minimum atomic E-state index is -0.304. The van der Waals surface area contributed by atoms with Crippen LogP contribution >= 0.6 is 11.3 Å². The minimum absolute atomic E-state index is 0.163. The summed E-state index contributed by atoms with van der Waals surface area (Å²) in [5.74, 6) is 0.964. The van der Waals surface area contributed by atoms with Crippen LogP contribution in [0.25, 0.3) is 81.8 Å². The fourth-order valence-electron chi connectivity index (χ4n) is 7.83. The van der Waals surface area contributed by atoms with E-state index in [1.165, 1.54) is 20.2 Å². The number of rotatable bonds is 5. The number of para-hydroxylation sites is 2. The molecule has 0 spiro atoms. The van der Waals surface area contributed by atoms with Gasteiger partial charge >= 0.3 is 0 Å². The van der Waals surface area contributed by atoms with Crippen molar-refractivity contribution in [2.24, 2.45) is 0 Å². The Balaban J connectivity index is 1.43. The van der Waals surface area contributed by atoms with Gasteiger partial charge in [0.1, 0.15) is 11.6 Å². The lowest BCUT2D eigenvalue weighted by molar-refractivity contribution is 0.446. The topological polar surface area (TPSA) is 50.9 Å². The number of pyridine rings is 1. The Bertz CT molecular complexity index is 2890. The van der Waals surface area contributed by atoms with Crippen molar-refractivity contribution in [3.8, 4) is 56.3 Å². The molecular formula is C50H43N3OS. The van der Waals surface area contributed by atoms with Crippen LogP contribution in [0.3, 0.4) is 0 Å². The number of phenolic OH excluding ortho intramolecular Hbond substituents is 1. The van der Waals surface area contributed by atoms with E-state index in [-0.39, 0.29) is 16.6 Å². The second-order valence-electron chi connectivity index (χ2n) is 16.5. The van der Waals surface area contributed by atoms with Crippen molar-refractivity contribution in [3.05, 3.63) is 157 Å². The summed E-state index contributed by atoms with van der Waals surface area (Å²) in [5, 5.41) is 14.8. The number of fused-ring (bicyclic) bond motifs is 4. The summed E-state index contributed by atoms with van der Waals surface area (Å²) < 4.78 is 4.71. The van der Waals surface area contributed by atoms with E-state index in [0.717, 1.165) is 66.9 Å². The monoisotopic (exact) mass is 733 g/mol. The van der Waals surface area contributed by atoms with Crippen LogP contribution in [0.2, 0.25) is 0 Å². The SMILES string of the molecule is CC(C)(C)c1cc(-c2nc3c(-c4cc(-c5ccccn5)cc5sc6ccccc6c45)cccc3n2-c2ccccc2-c2ccccc2)c(O)c(C(C)(C)C)c1. The average molecular weight is 734 g/mol. The van der Waals surface area contributed by atoms with Crippen LogP contribution in [0.4, 0.5) is 0 Å². The van der Waals surface area contributed by atoms with Crippen molar-refractivity contribution < 1.29 is 5.11 Å². The van der Waals surface area contributed by atoms with Crippen LogP contribution in [0.1, 0.15) is 52.7 Å². The number of thiophene rings is 1. The van der Waals surface area contributed by atoms with Gasteiger partial charge in [0.05, 0.1) is 28.0 Å². The predicted molar refractivity (Wildman–Crippen MR) is 233 cm³/mol. The summed E-state index contributed by atoms with van der Waals surface area (Å²) in [6.45, 7) is 13.2. The fraction of sp³-hybridized carbons (Fsp3) is 0.160. The zero-order valence-electron chi connectivity index (χ0n) is 32.1. The van der Waals surface area contributed by atoms with Crippen LogP contribution in [0.15, 0.2) is 146 Å². The third-order valence-electron chi connectivity index (χ3n) is 10.7. The quantitative estimate of drug-likeness (QED) is 0.192. The maximum Gasteiger partial charge on any atom is 0.149 e. The molecule has 0 saturated carbocycles. The molecule has 9 aromatic rings. The first kappa shape index (κ1) is 34.7. The van der Waals surface area contributed by atoms with Gasteiger partial charge in [-0.2, -0.15) is 0 Å². The van der Waals surface area contributed by atoms with Gasteiger partial charge in [0.15, 0.2) is 0 Å². The number of imidazole rings is 1. The number of nitrogens with zero attached hydrogens (tertiary/aromatic N) is 3. The van der Waals surface area contributed by atoms with Crippen molar-refractivity contribution in [1.29, 1.82) is 0 Å². The van der Waals surface area contributed by atoms with Crippen LogP contribution in [0, 0.1) is 0 Å². The van der Waals surface area contributed by atoms with Crippen LogP contribution < -0.4 is 0 Å². The summed E-state index contributed by atoms with van der Waals surface area (Å²) >= 11 is 1.81. The van der Waals surface area contributed by atoms with Crippen molar-refractivity contribution in [3.63, 3.8) is 0 Å². The van der Waals surface area contributed by atoms with Gasteiger partial charge in [0, 0.05) is 48.6 Å². The van der Waals surface area contributed by atoms with Gasteiger partial charge in [-0.3, -0.25) is 9.55 Å². The summed E-state index contributed by atoms with van der Waals surface area (Å²) in [6, 6.07) is 49.2. The molecule has 4 nitrogen and oxygen atoms in total. The smallest absolute Gasteiger partial charge is 0.149 e. The van der Waals surface area contributed by atoms with E-state index in [1.54, 1.807) is 0 Å². The van der Waals surface area contributed by atoms with Crippen molar-refractivity contribution in [2.45, 2.75) is 52.4 Å². The average Bonchev–Trinajstić information content (AvgIpc) is 3.76. The van der Waals surface area contributed by atoms with Gasteiger partial charge in [-0.05, 0) is 76.1 Å². The Labute approximate surface area is 326 Å². The van der Waals surface area contributed by atoms with Crippen molar-refractivity contribution >= 4 is 42.5 Å². The molecule has 9 rings (SSSR count). The number of benzene rings is 6. The molecule has 1 N–H and O–H groups in total. The molecule has 0 aliphatic carbocycles. The third kappa shape index (κ3) is 6.00. The Morgan fingerprint density at radius 2 is 1.31 bits per heavy atom. The molecule has 0 amide bonds. The van der Waals surface area contributed by atoms with Crippen LogP contribution in [-0.4, -0.2) is 19.6 Å². The molecule has 270 valence electrons. The summed E-state index contributed by atoms with van der Waals surface area (Å²) in [7, 11) is 0. The molecule has 0 unspecified atom stereocenters. The van der Waals surface area contributed by atoms with Gasteiger partial charge in [0.2, 0.25) is 0 Å². The molecule has 0 radical (unpaired) electrons. The molecular weight excluding hydrogens is 691 g/mol. The summed E-state index contributed by atoms with van der Waals surface area (Å²) in [4.78, 5) is 10.4. The Morgan fingerprint density at radius 3 is 2.07 bits per heavy atom. The lowest BCUT2D eigenvalue weighted by Crippen LogP contribution is -2.17. The van der Waals surface area contributed by atoms with E-state index in [1.807, 2.05) is 29.7 Å². The molecule has 5 heteroatoms.